The van der Waals surface area contributed by atoms with Crippen molar-refractivity contribution in [2.24, 2.45) is 0 Å². The van der Waals surface area contributed by atoms with Gasteiger partial charge in [0.05, 0.1) is 0 Å². The van der Waals surface area contributed by atoms with Gasteiger partial charge in [-0.1, -0.05) is 18.2 Å². The van der Waals surface area contributed by atoms with Crippen molar-refractivity contribution in [2.45, 2.75) is 32.4 Å². The van der Waals surface area contributed by atoms with Crippen LogP contribution >= 0.6 is 0 Å². The second-order valence-corrected chi connectivity index (χ2v) is 3.96. The first kappa shape index (κ1) is 12.8. The second kappa shape index (κ2) is 5.75. The Morgan fingerprint density at radius 3 is 2.69 bits per heavy atom. The Kier molecular flexibility index (Phi) is 4.62. The topological polar surface area (TPSA) is 12.0 Å². The Morgan fingerprint density at radius 2 is 2.06 bits per heavy atom. The minimum atomic E-state index is -0.803. The summed E-state index contributed by atoms with van der Waals surface area (Å²) < 4.78 is 26.5. The SMILES string of the molecule is C=CCC(C)NC(C)c1cccc(F)c1F. The van der Waals surface area contributed by atoms with Crippen LogP contribution in [0.4, 0.5) is 8.78 Å². The molecule has 88 valence electrons. The molecule has 1 nitrogen and oxygen atoms in total. The minimum Gasteiger partial charge on any atom is -0.307 e. The van der Waals surface area contributed by atoms with Gasteiger partial charge in [-0.25, -0.2) is 8.78 Å². The summed E-state index contributed by atoms with van der Waals surface area (Å²) in [6.45, 7) is 7.44. The summed E-state index contributed by atoms with van der Waals surface area (Å²) in [4.78, 5) is 0. The average Bonchev–Trinajstić information content (AvgIpc) is 2.22. The Balaban J connectivity index is 2.76. The third-order valence-corrected chi connectivity index (χ3v) is 2.50. The van der Waals surface area contributed by atoms with E-state index in [-0.39, 0.29) is 12.1 Å². The normalized spacial score (nSPS) is 14.5. The molecule has 2 atom stereocenters. The first-order valence-corrected chi connectivity index (χ1v) is 5.37. The monoisotopic (exact) mass is 225 g/mol. The fourth-order valence-corrected chi connectivity index (χ4v) is 1.69. The smallest absolute Gasteiger partial charge is 0.163 e. The summed E-state index contributed by atoms with van der Waals surface area (Å²) in [7, 11) is 0. The lowest BCUT2D eigenvalue weighted by Crippen LogP contribution is -2.29. The maximum Gasteiger partial charge on any atom is 0.163 e. The lowest BCUT2D eigenvalue weighted by Gasteiger charge is -2.19. The summed E-state index contributed by atoms with van der Waals surface area (Å²) in [5, 5.41) is 3.19. The van der Waals surface area contributed by atoms with E-state index >= 15 is 0 Å². The van der Waals surface area contributed by atoms with Crippen molar-refractivity contribution >= 4 is 0 Å². The summed E-state index contributed by atoms with van der Waals surface area (Å²) in [5.41, 5.74) is 0.357. The average molecular weight is 225 g/mol. The number of hydrogen-bond donors (Lipinski definition) is 1. The molecule has 16 heavy (non-hydrogen) atoms. The number of rotatable bonds is 5. The lowest BCUT2D eigenvalue weighted by atomic mass is 10.1. The Morgan fingerprint density at radius 1 is 1.38 bits per heavy atom. The molecule has 0 aliphatic heterocycles. The molecule has 0 aromatic heterocycles. The van der Waals surface area contributed by atoms with Gasteiger partial charge < -0.3 is 5.32 Å². The maximum atomic E-state index is 13.5. The third-order valence-electron chi connectivity index (χ3n) is 2.50. The van der Waals surface area contributed by atoms with Crippen molar-refractivity contribution in [1.82, 2.24) is 5.32 Å². The van der Waals surface area contributed by atoms with Crippen molar-refractivity contribution in [3.63, 3.8) is 0 Å². The number of benzene rings is 1. The lowest BCUT2D eigenvalue weighted by molar-refractivity contribution is 0.444. The predicted octanol–water partition coefficient (Wildman–Crippen LogP) is 3.58. The molecule has 0 heterocycles. The standard InChI is InChI=1S/C13H17F2N/c1-4-6-9(2)16-10(3)11-7-5-8-12(14)13(11)15/h4-5,7-10,16H,1,6H2,2-3H3. The van der Waals surface area contributed by atoms with E-state index in [1.807, 2.05) is 13.8 Å². The van der Waals surface area contributed by atoms with Gasteiger partial charge in [0, 0.05) is 17.6 Å². The highest BCUT2D eigenvalue weighted by Gasteiger charge is 2.15. The van der Waals surface area contributed by atoms with Gasteiger partial charge in [0.25, 0.3) is 0 Å². The largest absolute Gasteiger partial charge is 0.307 e. The molecule has 0 saturated heterocycles. The van der Waals surface area contributed by atoms with Crippen LogP contribution in [0.5, 0.6) is 0 Å². The quantitative estimate of drug-likeness (QED) is 0.755. The van der Waals surface area contributed by atoms with Crippen LogP contribution in [-0.2, 0) is 0 Å². The molecule has 1 aromatic rings. The molecule has 1 N–H and O–H groups in total. The highest BCUT2D eigenvalue weighted by molar-refractivity contribution is 5.22. The molecule has 1 aromatic carbocycles. The summed E-state index contributed by atoms with van der Waals surface area (Å²) in [6, 6.07) is 4.21. The zero-order valence-electron chi connectivity index (χ0n) is 9.63. The van der Waals surface area contributed by atoms with E-state index in [2.05, 4.69) is 11.9 Å². The van der Waals surface area contributed by atoms with Crippen LogP contribution in [0.1, 0.15) is 31.9 Å². The summed E-state index contributed by atoms with van der Waals surface area (Å²) >= 11 is 0. The molecule has 0 radical (unpaired) electrons. The van der Waals surface area contributed by atoms with Gasteiger partial charge in [-0.15, -0.1) is 6.58 Å². The molecule has 0 saturated carbocycles. The Hall–Kier alpha value is -1.22. The molecule has 0 amide bonds. The van der Waals surface area contributed by atoms with Crippen molar-refractivity contribution < 1.29 is 8.78 Å². The van der Waals surface area contributed by atoms with E-state index in [9.17, 15) is 8.78 Å². The minimum absolute atomic E-state index is 0.190. The number of halogens is 2. The molecule has 0 fully saturated rings. The van der Waals surface area contributed by atoms with Crippen LogP contribution in [0, 0.1) is 11.6 Å². The van der Waals surface area contributed by atoms with Crippen molar-refractivity contribution in [2.75, 3.05) is 0 Å². The number of hydrogen-bond acceptors (Lipinski definition) is 1. The van der Waals surface area contributed by atoms with Gasteiger partial charge in [0.2, 0.25) is 0 Å². The Labute approximate surface area is 95.2 Å². The van der Waals surface area contributed by atoms with Crippen LogP contribution in [0.15, 0.2) is 30.9 Å². The van der Waals surface area contributed by atoms with Crippen LogP contribution < -0.4 is 5.32 Å². The summed E-state index contributed by atoms with van der Waals surface area (Å²) in [6.07, 6.45) is 2.59. The van der Waals surface area contributed by atoms with Crippen LogP contribution in [0.25, 0.3) is 0 Å². The van der Waals surface area contributed by atoms with Crippen LogP contribution in [0.2, 0.25) is 0 Å². The molecule has 0 aliphatic carbocycles. The van der Waals surface area contributed by atoms with Gasteiger partial charge in [-0.05, 0) is 26.3 Å². The van der Waals surface area contributed by atoms with E-state index in [1.165, 1.54) is 6.07 Å². The molecular formula is C13H17F2N. The first-order chi connectivity index (χ1) is 7.56. The zero-order chi connectivity index (χ0) is 12.1. The molecule has 0 bridgehead atoms. The third kappa shape index (κ3) is 3.14. The van der Waals surface area contributed by atoms with Crippen LogP contribution in [-0.4, -0.2) is 6.04 Å². The zero-order valence-corrected chi connectivity index (χ0v) is 9.63. The molecule has 0 aliphatic rings. The Bertz CT molecular complexity index is 363. The molecule has 0 spiro atoms. The van der Waals surface area contributed by atoms with Crippen molar-refractivity contribution in [3.05, 3.63) is 48.1 Å². The van der Waals surface area contributed by atoms with Gasteiger partial charge >= 0.3 is 0 Å². The van der Waals surface area contributed by atoms with E-state index in [4.69, 9.17) is 0 Å². The first-order valence-electron chi connectivity index (χ1n) is 5.37. The van der Waals surface area contributed by atoms with Gasteiger partial charge in [0.1, 0.15) is 0 Å². The maximum absolute atomic E-state index is 13.5. The van der Waals surface area contributed by atoms with Crippen molar-refractivity contribution in [1.29, 1.82) is 0 Å². The van der Waals surface area contributed by atoms with E-state index in [0.29, 0.717) is 5.56 Å². The molecule has 1 rings (SSSR count). The summed E-state index contributed by atoms with van der Waals surface area (Å²) in [5.74, 6) is -1.57. The molecule has 2 unspecified atom stereocenters. The van der Waals surface area contributed by atoms with Gasteiger partial charge in [0.15, 0.2) is 11.6 Å². The molecular weight excluding hydrogens is 208 g/mol. The number of nitrogens with one attached hydrogen (secondary N) is 1. The second-order valence-electron chi connectivity index (χ2n) is 3.96. The predicted molar refractivity (Wildman–Crippen MR) is 62.2 cm³/mol. The van der Waals surface area contributed by atoms with E-state index in [1.54, 1.807) is 12.1 Å². The fourth-order valence-electron chi connectivity index (χ4n) is 1.69. The van der Waals surface area contributed by atoms with E-state index < -0.39 is 11.6 Å². The fraction of sp³-hybridized carbons (Fsp3) is 0.385. The highest BCUT2D eigenvalue weighted by Crippen LogP contribution is 2.19. The van der Waals surface area contributed by atoms with E-state index in [0.717, 1.165) is 12.5 Å². The van der Waals surface area contributed by atoms with Crippen molar-refractivity contribution in [3.8, 4) is 0 Å². The van der Waals surface area contributed by atoms with Gasteiger partial charge in [-0.2, -0.15) is 0 Å². The van der Waals surface area contributed by atoms with Gasteiger partial charge in [-0.3, -0.25) is 0 Å². The van der Waals surface area contributed by atoms with Crippen LogP contribution in [0.3, 0.4) is 0 Å². The highest BCUT2D eigenvalue weighted by atomic mass is 19.2. The molecule has 3 heteroatoms.